The summed E-state index contributed by atoms with van der Waals surface area (Å²) in [5.74, 6) is -1.16. The number of nitrogens with zero attached hydrogens (tertiary/aromatic N) is 2. The summed E-state index contributed by atoms with van der Waals surface area (Å²) in [6.07, 6.45) is 4.67. The molecule has 1 saturated carbocycles. The lowest BCUT2D eigenvalue weighted by molar-refractivity contribution is -0.137. The minimum atomic E-state index is -0.842. The van der Waals surface area contributed by atoms with Crippen molar-refractivity contribution in [2.24, 2.45) is 11.0 Å². The fraction of sp³-hybridized carbons (Fsp3) is 0.333. The minimum Gasteiger partial charge on any atom is -0.481 e. The molecule has 1 aliphatic rings. The molecule has 0 heterocycles. The molecule has 1 fully saturated rings. The van der Waals surface area contributed by atoms with Crippen LogP contribution in [0.15, 0.2) is 71.8 Å². The number of anilines is 1. The van der Waals surface area contributed by atoms with Gasteiger partial charge < -0.3 is 10.4 Å². The summed E-state index contributed by atoms with van der Waals surface area (Å²) < 4.78 is 0. The number of carboxylic acids is 1. The van der Waals surface area contributed by atoms with Crippen molar-refractivity contribution in [2.45, 2.75) is 64.8 Å². The fourth-order valence-corrected chi connectivity index (χ4v) is 5.61. The molecule has 208 valence electrons. The van der Waals surface area contributed by atoms with Crippen molar-refractivity contribution in [3.05, 3.63) is 100 Å². The molecule has 0 aliphatic heterocycles. The molecule has 40 heavy (non-hydrogen) atoms. The van der Waals surface area contributed by atoms with Crippen LogP contribution in [0.4, 0.5) is 5.69 Å². The molecule has 0 saturated heterocycles. The van der Waals surface area contributed by atoms with Gasteiger partial charge >= 0.3 is 5.97 Å². The molecule has 0 aromatic heterocycles. The Morgan fingerprint density at radius 3 is 2.35 bits per heavy atom. The number of nitrogens with one attached hydrogen (secondary N) is 1. The number of hydrogen-bond acceptors (Lipinski definition) is 4. The molecule has 0 bridgehead atoms. The van der Waals surface area contributed by atoms with Gasteiger partial charge in [-0.25, -0.2) is 5.01 Å². The van der Waals surface area contributed by atoms with Gasteiger partial charge in [0.2, 0.25) is 5.91 Å². The van der Waals surface area contributed by atoms with E-state index in [2.05, 4.69) is 17.1 Å². The van der Waals surface area contributed by atoms with Crippen molar-refractivity contribution < 1.29 is 19.5 Å². The van der Waals surface area contributed by atoms with E-state index in [0.29, 0.717) is 12.0 Å². The van der Waals surface area contributed by atoms with Crippen LogP contribution in [0.1, 0.15) is 76.2 Å². The minimum absolute atomic E-state index is 0.0463. The highest BCUT2D eigenvalue weighted by Crippen LogP contribution is 2.38. The van der Waals surface area contributed by atoms with Gasteiger partial charge in [-0.2, -0.15) is 5.10 Å². The first-order chi connectivity index (χ1) is 19.3. The first kappa shape index (κ1) is 28.7. The Hall–Kier alpha value is -4.26. The van der Waals surface area contributed by atoms with E-state index in [0.717, 1.165) is 59.2 Å². The first-order valence-electron chi connectivity index (χ1n) is 13.8. The topological polar surface area (TPSA) is 99.1 Å². The van der Waals surface area contributed by atoms with E-state index in [1.807, 2.05) is 74.5 Å². The lowest BCUT2D eigenvalue weighted by atomic mass is 9.83. The summed E-state index contributed by atoms with van der Waals surface area (Å²) in [7, 11) is 0. The fourth-order valence-electron chi connectivity index (χ4n) is 5.61. The molecule has 3 aromatic carbocycles. The molecule has 1 unspecified atom stereocenters. The number of hydrazone groups is 1. The monoisotopic (exact) mass is 539 g/mol. The second-order valence-corrected chi connectivity index (χ2v) is 10.6. The summed E-state index contributed by atoms with van der Waals surface area (Å²) in [5.41, 5.74) is 5.84. The Bertz CT molecular complexity index is 1380. The predicted octanol–water partition coefficient (Wildman–Crippen LogP) is 6.49. The maximum absolute atomic E-state index is 13.7. The van der Waals surface area contributed by atoms with Gasteiger partial charge in [0.05, 0.1) is 12.5 Å². The van der Waals surface area contributed by atoms with Crippen molar-refractivity contribution in [2.75, 3.05) is 5.32 Å². The average Bonchev–Trinajstić information content (AvgIpc) is 3.47. The Kier molecular flexibility index (Phi) is 9.48. The maximum Gasteiger partial charge on any atom is 0.303 e. The molecule has 0 spiro atoms. The Balaban J connectivity index is 1.52. The van der Waals surface area contributed by atoms with Crippen molar-refractivity contribution >= 4 is 30.2 Å². The van der Waals surface area contributed by atoms with Crippen molar-refractivity contribution in [3.63, 3.8) is 0 Å². The summed E-state index contributed by atoms with van der Waals surface area (Å²) in [6, 6.07) is 20.9. The Morgan fingerprint density at radius 2 is 1.70 bits per heavy atom. The number of hydrogen-bond donors (Lipinski definition) is 2. The third kappa shape index (κ3) is 6.84. The summed E-state index contributed by atoms with van der Waals surface area (Å²) >= 11 is 0. The molecule has 7 heteroatoms. The Labute approximate surface area is 235 Å². The molecule has 1 aliphatic carbocycles. The maximum atomic E-state index is 13.7. The van der Waals surface area contributed by atoms with Gasteiger partial charge in [-0.15, -0.1) is 0 Å². The summed E-state index contributed by atoms with van der Waals surface area (Å²) in [6.45, 7) is 7.69. The van der Waals surface area contributed by atoms with Crippen molar-refractivity contribution in [1.29, 1.82) is 0 Å². The quantitative estimate of drug-likeness (QED) is 0.215. The number of amides is 2. The summed E-state index contributed by atoms with van der Waals surface area (Å²) in [5, 5.41) is 17.6. The van der Waals surface area contributed by atoms with Crippen LogP contribution in [0, 0.1) is 19.8 Å². The lowest BCUT2D eigenvalue weighted by Gasteiger charge is -2.24. The zero-order chi connectivity index (χ0) is 28.6. The molecular formula is C33H37N3O4. The standard InChI is InChI=1S/C33H37N3O4/c1-22-9-4-7-13-28(22)33(40)36(34-3)21-24-15-17-27(18-16-24)31(26-10-5-6-11-26)32(39)35-29-14-8-12-25(23(29)2)19-20-30(37)38/h4,7-9,12-18,26,31H,3,5-6,10-11,19-21H2,1-2H3,(H,35,39)(H,37,38). The van der Waals surface area contributed by atoms with Crippen LogP contribution in [0.5, 0.6) is 0 Å². The second kappa shape index (κ2) is 13.2. The highest BCUT2D eigenvalue weighted by atomic mass is 16.4. The summed E-state index contributed by atoms with van der Waals surface area (Å²) in [4.78, 5) is 37.8. The number of carboxylic acid groups (broad SMARTS) is 1. The Morgan fingerprint density at radius 1 is 1.00 bits per heavy atom. The molecule has 4 rings (SSSR count). The van der Waals surface area contributed by atoms with E-state index in [9.17, 15) is 14.4 Å². The van der Waals surface area contributed by atoms with Crippen LogP contribution in [0.3, 0.4) is 0 Å². The van der Waals surface area contributed by atoms with Gasteiger partial charge in [-0.05, 0) is 79.0 Å². The van der Waals surface area contributed by atoms with Crippen LogP contribution in [-0.4, -0.2) is 34.6 Å². The third-order valence-corrected chi connectivity index (χ3v) is 7.92. The number of benzene rings is 3. The third-order valence-electron chi connectivity index (χ3n) is 7.92. The van der Waals surface area contributed by atoms with Crippen LogP contribution in [0.2, 0.25) is 0 Å². The van der Waals surface area contributed by atoms with Gasteiger partial charge in [0, 0.05) is 24.4 Å². The van der Waals surface area contributed by atoms with Crippen LogP contribution < -0.4 is 5.32 Å². The smallest absolute Gasteiger partial charge is 0.303 e. The molecule has 2 N–H and O–H groups in total. The number of aliphatic carboxylic acids is 1. The van der Waals surface area contributed by atoms with Gasteiger partial charge in [-0.1, -0.05) is 67.4 Å². The normalized spacial score (nSPS) is 13.9. The number of carbonyl (C=O) groups is 3. The van der Waals surface area contributed by atoms with Crippen LogP contribution in [0.25, 0.3) is 0 Å². The first-order valence-corrected chi connectivity index (χ1v) is 13.8. The van der Waals surface area contributed by atoms with Crippen LogP contribution in [-0.2, 0) is 22.6 Å². The number of rotatable bonds is 11. The predicted molar refractivity (Wildman–Crippen MR) is 158 cm³/mol. The largest absolute Gasteiger partial charge is 0.481 e. The van der Waals surface area contributed by atoms with E-state index in [1.54, 1.807) is 6.07 Å². The molecule has 7 nitrogen and oxygen atoms in total. The molecular weight excluding hydrogens is 502 g/mol. The zero-order valence-electron chi connectivity index (χ0n) is 23.2. The van der Waals surface area contributed by atoms with Gasteiger partial charge in [-0.3, -0.25) is 14.4 Å². The SMILES string of the molecule is C=NN(Cc1ccc(C(C(=O)Nc2cccc(CCC(=O)O)c2C)C2CCCC2)cc1)C(=O)c1ccccc1C. The van der Waals surface area contributed by atoms with E-state index >= 15 is 0 Å². The highest BCUT2D eigenvalue weighted by molar-refractivity contribution is 5.97. The van der Waals surface area contributed by atoms with Gasteiger partial charge in [0.15, 0.2) is 0 Å². The van der Waals surface area contributed by atoms with E-state index in [4.69, 9.17) is 5.11 Å². The average molecular weight is 540 g/mol. The molecule has 3 aromatic rings. The van der Waals surface area contributed by atoms with Crippen molar-refractivity contribution in [3.8, 4) is 0 Å². The zero-order valence-corrected chi connectivity index (χ0v) is 23.2. The lowest BCUT2D eigenvalue weighted by Crippen LogP contribution is -2.27. The van der Waals surface area contributed by atoms with E-state index < -0.39 is 5.97 Å². The van der Waals surface area contributed by atoms with Crippen LogP contribution >= 0.6 is 0 Å². The molecule has 1 atom stereocenters. The second-order valence-electron chi connectivity index (χ2n) is 10.6. The van der Waals surface area contributed by atoms with Crippen molar-refractivity contribution in [1.82, 2.24) is 5.01 Å². The highest BCUT2D eigenvalue weighted by Gasteiger charge is 2.32. The molecule has 0 radical (unpaired) electrons. The van der Waals surface area contributed by atoms with E-state index in [-0.39, 0.29) is 36.6 Å². The van der Waals surface area contributed by atoms with E-state index in [1.165, 1.54) is 5.01 Å². The number of carbonyl (C=O) groups excluding carboxylic acids is 2. The van der Waals surface area contributed by atoms with Gasteiger partial charge in [0.1, 0.15) is 0 Å². The molecule has 2 amide bonds. The number of aryl methyl sites for hydroxylation is 2. The van der Waals surface area contributed by atoms with Gasteiger partial charge in [0.25, 0.3) is 5.91 Å².